The average molecular weight is 439 g/mol. The summed E-state index contributed by atoms with van der Waals surface area (Å²) in [6, 6.07) is 12.2. The van der Waals surface area contributed by atoms with Crippen molar-refractivity contribution in [1.29, 1.82) is 0 Å². The Balaban J connectivity index is 1.52. The summed E-state index contributed by atoms with van der Waals surface area (Å²) >= 11 is 2.17. The second kappa shape index (κ2) is 8.97. The van der Waals surface area contributed by atoms with Gasteiger partial charge in [0.25, 0.3) is 5.91 Å². The van der Waals surface area contributed by atoms with Crippen LogP contribution in [0, 0.1) is 0 Å². The largest absolute Gasteiger partial charge is 0.439 e. The average Bonchev–Trinajstić information content (AvgIpc) is 3.22. The van der Waals surface area contributed by atoms with Gasteiger partial charge in [0.2, 0.25) is 5.88 Å². The SMILES string of the molecule is O=C(NSc1ccc(Oc2cccc(C(F)(F)F)n2)cc1)NC(=O)c1cccs1. The zero-order valence-corrected chi connectivity index (χ0v) is 16.0. The van der Waals surface area contributed by atoms with Crippen LogP contribution in [0.4, 0.5) is 18.0 Å². The highest BCUT2D eigenvalue weighted by atomic mass is 32.2. The molecule has 0 radical (unpaired) electrons. The molecule has 0 saturated heterocycles. The molecule has 0 aliphatic carbocycles. The number of amides is 3. The van der Waals surface area contributed by atoms with Crippen LogP contribution in [0.2, 0.25) is 0 Å². The topological polar surface area (TPSA) is 80.3 Å². The van der Waals surface area contributed by atoms with E-state index in [2.05, 4.69) is 15.0 Å². The predicted octanol–water partition coefficient (Wildman–Crippen LogP) is 5.10. The summed E-state index contributed by atoms with van der Waals surface area (Å²) in [4.78, 5) is 28.0. The smallest absolute Gasteiger partial charge is 0.433 e. The van der Waals surface area contributed by atoms with E-state index in [-0.39, 0.29) is 11.6 Å². The number of urea groups is 1. The first-order valence-electron chi connectivity index (χ1n) is 7.95. The van der Waals surface area contributed by atoms with Crippen LogP contribution in [-0.2, 0) is 6.18 Å². The number of nitrogens with one attached hydrogen (secondary N) is 2. The Kier molecular flexibility index (Phi) is 6.39. The van der Waals surface area contributed by atoms with E-state index >= 15 is 0 Å². The second-order valence-electron chi connectivity index (χ2n) is 5.40. The van der Waals surface area contributed by atoms with E-state index in [1.54, 1.807) is 29.6 Å². The first-order chi connectivity index (χ1) is 13.8. The molecule has 2 aromatic heterocycles. The lowest BCUT2D eigenvalue weighted by Crippen LogP contribution is -2.35. The van der Waals surface area contributed by atoms with Gasteiger partial charge in [0.05, 0.1) is 4.88 Å². The maximum atomic E-state index is 12.7. The molecule has 0 spiro atoms. The molecular weight excluding hydrogens is 427 g/mol. The Morgan fingerprint density at radius 2 is 1.79 bits per heavy atom. The highest BCUT2D eigenvalue weighted by Crippen LogP contribution is 2.30. The molecule has 0 aliphatic rings. The summed E-state index contributed by atoms with van der Waals surface area (Å²) in [6.07, 6.45) is -4.56. The zero-order valence-electron chi connectivity index (χ0n) is 14.4. The number of nitrogens with zero attached hydrogens (tertiary/aromatic N) is 1. The molecule has 2 N–H and O–H groups in total. The monoisotopic (exact) mass is 439 g/mol. The minimum Gasteiger partial charge on any atom is -0.439 e. The minimum atomic E-state index is -4.56. The van der Waals surface area contributed by atoms with Gasteiger partial charge in [-0.3, -0.25) is 14.8 Å². The van der Waals surface area contributed by atoms with Crippen molar-refractivity contribution in [3.63, 3.8) is 0 Å². The van der Waals surface area contributed by atoms with E-state index in [1.807, 2.05) is 0 Å². The fourth-order valence-corrected chi connectivity index (χ4v) is 3.18. The minimum absolute atomic E-state index is 0.190. The van der Waals surface area contributed by atoms with Gasteiger partial charge in [-0.1, -0.05) is 12.1 Å². The molecule has 150 valence electrons. The summed E-state index contributed by atoms with van der Waals surface area (Å²) in [6.45, 7) is 0. The van der Waals surface area contributed by atoms with Crippen LogP contribution in [0.1, 0.15) is 15.4 Å². The maximum Gasteiger partial charge on any atom is 0.433 e. The molecule has 0 bridgehead atoms. The Labute approximate surface area is 171 Å². The van der Waals surface area contributed by atoms with Crippen LogP contribution >= 0.6 is 23.3 Å². The molecule has 3 aromatic rings. The van der Waals surface area contributed by atoms with Crippen molar-refractivity contribution in [3.05, 3.63) is 70.5 Å². The van der Waals surface area contributed by atoms with Gasteiger partial charge in [0.15, 0.2) is 0 Å². The van der Waals surface area contributed by atoms with Gasteiger partial charge >= 0.3 is 12.2 Å². The standard InChI is InChI=1S/C18H12F3N3O3S2/c19-18(20,21)14-4-1-5-15(22-14)27-11-6-8-12(9-7-11)29-24-17(26)23-16(25)13-3-2-10-28-13/h1-10H,(H2,23,24,25,26). The first-order valence-corrected chi connectivity index (χ1v) is 9.65. The summed E-state index contributed by atoms with van der Waals surface area (Å²) in [5.41, 5.74) is -1.05. The molecule has 29 heavy (non-hydrogen) atoms. The molecule has 2 heterocycles. The number of imide groups is 1. The van der Waals surface area contributed by atoms with Crippen LogP contribution < -0.4 is 14.8 Å². The Bertz CT molecular complexity index is 994. The Morgan fingerprint density at radius 1 is 1.03 bits per heavy atom. The number of carbonyl (C=O) groups is 2. The van der Waals surface area contributed by atoms with E-state index in [9.17, 15) is 22.8 Å². The van der Waals surface area contributed by atoms with E-state index in [0.717, 1.165) is 18.0 Å². The van der Waals surface area contributed by atoms with Crippen molar-refractivity contribution in [1.82, 2.24) is 15.0 Å². The number of thiophene rings is 1. The van der Waals surface area contributed by atoms with Crippen molar-refractivity contribution in [3.8, 4) is 11.6 Å². The quantitative estimate of drug-likeness (QED) is 0.541. The lowest BCUT2D eigenvalue weighted by atomic mass is 10.3. The Hall–Kier alpha value is -3.05. The molecule has 0 unspecified atom stereocenters. The van der Waals surface area contributed by atoms with Crippen LogP contribution in [0.5, 0.6) is 11.6 Å². The summed E-state index contributed by atoms with van der Waals surface area (Å²) in [7, 11) is 0. The number of halogens is 3. The van der Waals surface area contributed by atoms with E-state index < -0.39 is 23.8 Å². The predicted molar refractivity (Wildman–Crippen MR) is 102 cm³/mol. The molecule has 1 aromatic carbocycles. The molecule has 0 aliphatic heterocycles. The number of hydrogen-bond donors (Lipinski definition) is 2. The number of benzene rings is 1. The Morgan fingerprint density at radius 3 is 2.45 bits per heavy atom. The van der Waals surface area contributed by atoms with Crippen molar-refractivity contribution in [2.24, 2.45) is 0 Å². The highest BCUT2D eigenvalue weighted by molar-refractivity contribution is 7.98. The third kappa shape index (κ3) is 5.96. The van der Waals surface area contributed by atoms with Crippen molar-refractivity contribution >= 4 is 35.2 Å². The lowest BCUT2D eigenvalue weighted by Gasteiger charge is -2.09. The number of pyridine rings is 1. The summed E-state index contributed by atoms with van der Waals surface area (Å²) in [5.74, 6) is -0.418. The number of carbonyl (C=O) groups excluding carboxylic acids is 2. The second-order valence-corrected chi connectivity index (χ2v) is 7.22. The molecular formula is C18H12F3N3O3S2. The van der Waals surface area contributed by atoms with Crippen LogP contribution in [0.15, 0.2) is 64.9 Å². The molecule has 0 atom stereocenters. The summed E-state index contributed by atoms with van der Waals surface area (Å²) < 4.78 is 45.8. The number of ether oxygens (including phenoxy) is 1. The molecule has 3 amide bonds. The van der Waals surface area contributed by atoms with Gasteiger partial charge < -0.3 is 4.74 Å². The third-order valence-corrected chi connectivity index (χ3v) is 4.96. The third-order valence-electron chi connectivity index (χ3n) is 3.29. The number of alkyl halides is 3. The molecule has 0 fully saturated rings. The molecule has 3 rings (SSSR count). The van der Waals surface area contributed by atoms with Crippen LogP contribution in [0.25, 0.3) is 0 Å². The fraction of sp³-hybridized carbons (Fsp3) is 0.0556. The van der Waals surface area contributed by atoms with Gasteiger partial charge in [-0.2, -0.15) is 13.2 Å². The van der Waals surface area contributed by atoms with Gasteiger partial charge in [0.1, 0.15) is 11.4 Å². The number of hydrogen-bond acceptors (Lipinski definition) is 6. The maximum absolute atomic E-state index is 12.7. The van der Waals surface area contributed by atoms with Gasteiger partial charge in [-0.25, -0.2) is 9.78 Å². The molecule has 0 saturated carbocycles. The van der Waals surface area contributed by atoms with Gasteiger partial charge in [0, 0.05) is 11.0 Å². The van der Waals surface area contributed by atoms with Crippen molar-refractivity contribution in [2.45, 2.75) is 11.1 Å². The molecule has 11 heteroatoms. The van der Waals surface area contributed by atoms with Crippen LogP contribution in [0.3, 0.4) is 0 Å². The highest BCUT2D eigenvalue weighted by Gasteiger charge is 2.32. The lowest BCUT2D eigenvalue weighted by molar-refractivity contribution is -0.141. The van der Waals surface area contributed by atoms with E-state index in [4.69, 9.17) is 4.74 Å². The van der Waals surface area contributed by atoms with Gasteiger partial charge in [-0.05, 0) is 53.7 Å². The number of rotatable bonds is 5. The first kappa shape index (κ1) is 20.7. The van der Waals surface area contributed by atoms with Crippen LogP contribution in [-0.4, -0.2) is 16.9 Å². The van der Waals surface area contributed by atoms with E-state index in [0.29, 0.717) is 9.77 Å². The van der Waals surface area contributed by atoms with Crippen molar-refractivity contribution < 1.29 is 27.5 Å². The van der Waals surface area contributed by atoms with Gasteiger partial charge in [-0.15, -0.1) is 11.3 Å². The number of aromatic nitrogens is 1. The fourth-order valence-electron chi connectivity index (χ4n) is 2.03. The normalized spacial score (nSPS) is 11.0. The van der Waals surface area contributed by atoms with Crippen molar-refractivity contribution in [2.75, 3.05) is 0 Å². The summed E-state index contributed by atoms with van der Waals surface area (Å²) in [5, 5.41) is 3.91. The van der Waals surface area contributed by atoms with E-state index in [1.165, 1.54) is 35.6 Å². The molecule has 6 nitrogen and oxygen atoms in total. The zero-order chi connectivity index (χ0) is 20.9.